The number of ether oxygens (including phenoxy) is 1. The monoisotopic (exact) mass is 307 g/mol. The molecule has 21 heavy (non-hydrogen) atoms. The minimum Gasteiger partial charge on any atom is -0.468 e. The van der Waals surface area contributed by atoms with Crippen molar-refractivity contribution < 1.29 is 9.53 Å². The van der Waals surface area contributed by atoms with Gasteiger partial charge in [0, 0.05) is 5.67 Å². The summed E-state index contributed by atoms with van der Waals surface area (Å²) >= 11 is 0. The van der Waals surface area contributed by atoms with Crippen LogP contribution in [0.25, 0.3) is 0 Å². The molecule has 1 N–H and O–H groups in total. The number of carbonyl (C=O) groups is 1. The number of nitrogens with one attached hydrogen (secondary N) is 1. The molecule has 0 spiro atoms. The molecular weight excluding hydrogens is 278 g/mol. The van der Waals surface area contributed by atoms with Crippen molar-refractivity contribution in [3.8, 4) is 0 Å². The first-order chi connectivity index (χ1) is 9.75. The molecule has 0 bridgehead atoms. The van der Waals surface area contributed by atoms with Crippen molar-refractivity contribution in [2.75, 3.05) is 7.11 Å². The number of esters is 1. The van der Waals surface area contributed by atoms with Gasteiger partial charge in [0.25, 0.3) is 0 Å². The van der Waals surface area contributed by atoms with Gasteiger partial charge in [0.15, 0.2) is 0 Å². The number of carbonyl (C=O) groups excluding carboxylic acids is 1. The van der Waals surface area contributed by atoms with E-state index in [-0.39, 0.29) is 17.7 Å². The third kappa shape index (κ3) is 5.63. The van der Waals surface area contributed by atoms with Crippen LogP contribution in [0.4, 0.5) is 0 Å². The first-order valence-electron chi connectivity index (χ1n) is 7.64. The Morgan fingerprint density at radius 2 is 1.76 bits per heavy atom. The predicted molar refractivity (Wildman–Crippen MR) is 90.9 cm³/mol. The maximum atomic E-state index is 12.1. The molecule has 1 rings (SSSR count). The van der Waals surface area contributed by atoms with E-state index >= 15 is 0 Å². The number of hydrogen-bond donors (Lipinski definition) is 1. The normalized spacial score (nSPS) is 14.8. The standard InChI is InChI=1S/C17H29NO2Si/c1-13(2)12-15(17(19)20-3)18-16(21(4,5)6)14-10-8-7-9-11-14/h7-11,13,15-16,18H,12H2,1-6H3/t15-,16?/m0/s1. The fraction of sp³-hybridized carbons (Fsp3) is 0.588. The predicted octanol–water partition coefficient (Wildman–Crippen LogP) is 3.78. The SMILES string of the molecule is COC(=O)[C@H](CC(C)C)NC(c1ccccc1)[Si](C)(C)C. The Kier molecular flexibility index (Phi) is 6.62. The quantitative estimate of drug-likeness (QED) is 0.615. The van der Waals surface area contributed by atoms with Crippen LogP contribution in [0.5, 0.6) is 0 Å². The van der Waals surface area contributed by atoms with Crippen LogP contribution in [0.15, 0.2) is 30.3 Å². The number of benzene rings is 1. The average molecular weight is 308 g/mol. The second-order valence-corrected chi connectivity index (χ2v) is 12.4. The van der Waals surface area contributed by atoms with Crippen LogP contribution in [0.2, 0.25) is 19.6 Å². The lowest BCUT2D eigenvalue weighted by atomic mass is 10.0. The zero-order valence-corrected chi connectivity index (χ0v) is 15.1. The van der Waals surface area contributed by atoms with Gasteiger partial charge < -0.3 is 10.1 Å². The highest BCUT2D eigenvalue weighted by molar-refractivity contribution is 6.77. The molecule has 1 aromatic carbocycles. The van der Waals surface area contributed by atoms with Crippen LogP contribution in [0.1, 0.15) is 31.5 Å². The molecule has 0 saturated heterocycles. The molecule has 4 heteroatoms. The van der Waals surface area contributed by atoms with Gasteiger partial charge in [-0.15, -0.1) is 0 Å². The van der Waals surface area contributed by atoms with Crippen molar-refractivity contribution in [2.24, 2.45) is 5.92 Å². The van der Waals surface area contributed by atoms with Gasteiger partial charge in [0.1, 0.15) is 6.04 Å². The molecule has 2 atom stereocenters. The van der Waals surface area contributed by atoms with E-state index < -0.39 is 8.07 Å². The Morgan fingerprint density at radius 1 is 1.19 bits per heavy atom. The lowest BCUT2D eigenvalue weighted by molar-refractivity contribution is -0.143. The molecule has 1 aromatic rings. The van der Waals surface area contributed by atoms with Crippen LogP contribution < -0.4 is 5.32 Å². The van der Waals surface area contributed by atoms with Gasteiger partial charge in [0.2, 0.25) is 0 Å². The Hall–Kier alpha value is -1.13. The summed E-state index contributed by atoms with van der Waals surface area (Å²) in [5.74, 6) is 0.280. The summed E-state index contributed by atoms with van der Waals surface area (Å²) in [5.41, 5.74) is 1.50. The summed E-state index contributed by atoms with van der Waals surface area (Å²) in [7, 11) is -0.0571. The van der Waals surface area contributed by atoms with Crippen LogP contribution in [0.3, 0.4) is 0 Å². The van der Waals surface area contributed by atoms with Gasteiger partial charge in [-0.3, -0.25) is 4.79 Å². The molecule has 0 aliphatic carbocycles. The van der Waals surface area contributed by atoms with E-state index in [1.54, 1.807) is 0 Å². The molecule has 1 unspecified atom stereocenters. The number of rotatable bonds is 7. The van der Waals surface area contributed by atoms with Crippen LogP contribution in [0, 0.1) is 5.92 Å². The van der Waals surface area contributed by atoms with Crippen molar-refractivity contribution in [2.45, 2.75) is 51.6 Å². The second-order valence-electron chi connectivity index (χ2n) is 7.08. The Bertz CT molecular complexity index is 440. The fourth-order valence-electron chi connectivity index (χ4n) is 2.54. The topological polar surface area (TPSA) is 38.3 Å². The summed E-state index contributed by atoms with van der Waals surface area (Å²) in [5, 5.41) is 3.58. The molecule has 0 heterocycles. The molecule has 0 saturated carbocycles. The van der Waals surface area contributed by atoms with E-state index in [0.717, 1.165) is 6.42 Å². The summed E-state index contributed by atoms with van der Waals surface area (Å²) in [6.45, 7) is 11.2. The van der Waals surface area contributed by atoms with E-state index in [1.807, 2.05) is 6.07 Å². The highest BCUT2D eigenvalue weighted by Crippen LogP contribution is 2.26. The van der Waals surface area contributed by atoms with Crippen molar-refractivity contribution >= 4 is 14.0 Å². The summed E-state index contributed by atoms with van der Waals surface area (Å²) in [4.78, 5) is 12.1. The van der Waals surface area contributed by atoms with Gasteiger partial charge in [0.05, 0.1) is 15.2 Å². The van der Waals surface area contributed by atoms with E-state index in [0.29, 0.717) is 5.92 Å². The van der Waals surface area contributed by atoms with E-state index in [1.165, 1.54) is 12.7 Å². The fourth-order valence-corrected chi connectivity index (χ4v) is 4.43. The van der Waals surface area contributed by atoms with Crippen molar-refractivity contribution in [3.05, 3.63) is 35.9 Å². The van der Waals surface area contributed by atoms with Crippen molar-refractivity contribution in [1.29, 1.82) is 0 Å². The summed E-state index contributed by atoms with van der Waals surface area (Å²) in [6.07, 6.45) is 0.792. The maximum absolute atomic E-state index is 12.1. The minimum absolute atomic E-state index is 0.164. The minimum atomic E-state index is -1.52. The number of methoxy groups -OCH3 is 1. The van der Waals surface area contributed by atoms with Gasteiger partial charge in [-0.25, -0.2) is 0 Å². The molecule has 0 fully saturated rings. The molecule has 3 nitrogen and oxygen atoms in total. The Morgan fingerprint density at radius 3 is 2.19 bits per heavy atom. The molecule has 0 amide bonds. The first-order valence-corrected chi connectivity index (χ1v) is 11.2. The summed E-state index contributed by atoms with van der Waals surface area (Å²) < 4.78 is 4.98. The number of hydrogen-bond acceptors (Lipinski definition) is 3. The lowest BCUT2D eigenvalue weighted by Gasteiger charge is -2.34. The van der Waals surface area contributed by atoms with Crippen LogP contribution >= 0.6 is 0 Å². The Labute approximate surface area is 130 Å². The molecule has 0 aliphatic heterocycles. The van der Waals surface area contributed by atoms with Crippen molar-refractivity contribution in [3.63, 3.8) is 0 Å². The molecule has 118 valence electrons. The maximum Gasteiger partial charge on any atom is 0.322 e. The van der Waals surface area contributed by atoms with Gasteiger partial charge in [-0.05, 0) is 17.9 Å². The lowest BCUT2D eigenvalue weighted by Crippen LogP contribution is -2.49. The highest BCUT2D eigenvalue weighted by Gasteiger charge is 2.32. The first kappa shape index (κ1) is 17.9. The zero-order valence-electron chi connectivity index (χ0n) is 14.1. The van der Waals surface area contributed by atoms with Gasteiger partial charge in [-0.1, -0.05) is 63.8 Å². The molecule has 0 aliphatic rings. The van der Waals surface area contributed by atoms with E-state index in [9.17, 15) is 4.79 Å². The van der Waals surface area contributed by atoms with Gasteiger partial charge >= 0.3 is 5.97 Å². The third-order valence-electron chi connectivity index (χ3n) is 3.56. The van der Waals surface area contributed by atoms with Crippen LogP contribution in [-0.2, 0) is 9.53 Å². The van der Waals surface area contributed by atoms with Gasteiger partial charge in [-0.2, -0.15) is 0 Å². The Balaban J connectivity index is 3.01. The molecular formula is C17H29NO2Si. The highest BCUT2D eigenvalue weighted by atomic mass is 28.3. The van der Waals surface area contributed by atoms with E-state index in [2.05, 4.69) is 63.1 Å². The zero-order chi connectivity index (χ0) is 16.0. The average Bonchev–Trinajstić information content (AvgIpc) is 2.41. The molecule has 0 aromatic heterocycles. The van der Waals surface area contributed by atoms with Crippen LogP contribution in [-0.4, -0.2) is 27.2 Å². The second kappa shape index (κ2) is 7.76. The molecule has 0 radical (unpaired) electrons. The summed E-state index contributed by atoms with van der Waals surface area (Å²) in [6, 6.07) is 10.2. The largest absolute Gasteiger partial charge is 0.468 e. The third-order valence-corrected chi connectivity index (χ3v) is 5.79. The smallest absolute Gasteiger partial charge is 0.322 e. The van der Waals surface area contributed by atoms with Crippen molar-refractivity contribution in [1.82, 2.24) is 5.32 Å². The van der Waals surface area contributed by atoms with E-state index in [4.69, 9.17) is 4.74 Å².